The number of aromatic nitrogens is 4. The van der Waals surface area contributed by atoms with Crippen molar-refractivity contribution in [2.45, 2.75) is 37.7 Å². The van der Waals surface area contributed by atoms with Gasteiger partial charge < -0.3 is 4.18 Å². The Labute approximate surface area is 176 Å². The van der Waals surface area contributed by atoms with Crippen LogP contribution in [0.2, 0.25) is 0 Å². The molecule has 1 aliphatic rings. The number of aryl methyl sites for hydroxylation is 1. The first-order valence-electron chi connectivity index (χ1n) is 9.63. The molecule has 0 unspecified atom stereocenters. The zero-order valence-electron chi connectivity index (χ0n) is 16.6. The summed E-state index contributed by atoms with van der Waals surface area (Å²) in [4.78, 5) is 11.4. The van der Waals surface area contributed by atoms with Gasteiger partial charge in [-0.05, 0) is 38.9 Å². The zero-order valence-corrected chi connectivity index (χ0v) is 17.4. The highest BCUT2D eigenvalue weighted by atomic mass is 32.2. The van der Waals surface area contributed by atoms with Crippen LogP contribution in [-0.4, -0.2) is 52.1 Å². The van der Waals surface area contributed by atoms with E-state index in [2.05, 4.69) is 29.2 Å². The van der Waals surface area contributed by atoms with E-state index >= 15 is 0 Å². The van der Waals surface area contributed by atoms with Crippen molar-refractivity contribution < 1.29 is 25.8 Å². The summed E-state index contributed by atoms with van der Waals surface area (Å²) in [6.45, 7) is 4.02. The van der Waals surface area contributed by atoms with E-state index in [1.165, 1.54) is 6.07 Å². The molecule has 1 N–H and O–H groups in total. The minimum Gasteiger partial charge on any atom is -0.354 e. The van der Waals surface area contributed by atoms with Crippen molar-refractivity contribution in [2.24, 2.45) is 0 Å². The van der Waals surface area contributed by atoms with Crippen LogP contribution in [0.25, 0.3) is 10.9 Å². The van der Waals surface area contributed by atoms with Crippen molar-refractivity contribution in [1.82, 2.24) is 25.1 Å². The zero-order chi connectivity index (χ0) is 22.2. The fraction of sp³-hybridized carbons (Fsp3) is 0.421. The molecule has 0 aliphatic carbocycles. The molecule has 4 rings (SSSR count). The first kappa shape index (κ1) is 21.5. The van der Waals surface area contributed by atoms with E-state index in [1.807, 2.05) is 31.2 Å². The molecule has 1 fully saturated rings. The first-order valence-corrected chi connectivity index (χ1v) is 11.0. The maximum absolute atomic E-state index is 12.4. The second-order valence-corrected chi connectivity index (χ2v) is 8.98. The predicted octanol–water partition coefficient (Wildman–Crippen LogP) is 3.27. The Kier molecular flexibility index (Phi) is 5.60. The monoisotopic (exact) mass is 455 g/mol. The second kappa shape index (κ2) is 8.08. The molecule has 0 radical (unpaired) electrons. The second-order valence-electron chi connectivity index (χ2n) is 7.44. The normalized spacial score (nSPS) is 16.6. The standard InChI is InChI=1S/C19H20F3N5O3S/c1-12-14-4-2-3-5-15(14)24-17(23-12)11-27-8-6-13(7-9-27)16-10-18(26-25-16)30-31(28,29)19(20,21)22/h2-5,10,13H,6-9,11H2,1H3,(H,25,26). The fourth-order valence-electron chi connectivity index (χ4n) is 3.70. The summed E-state index contributed by atoms with van der Waals surface area (Å²) in [6, 6.07) is 9.04. The molecule has 1 saturated heterocycles. The maximum Gasteiger partial charge on any atom is 0.534 e. The van der Waals surface area contributed by atoms with Gasteiger partial charge in [0, 0.05) is 28.8 Å². The number of hydrogen-bond donors (Lipinski definition) is 1. The molecular weight excluding hydrogens is 435 g/mol. The number of fused-ring (bicyclic) bond motifs is 1. The van der Waals surface area contributed by atoms with E-state index in [-0.39, 0.29) is 5.92 Å². The first-order chi connectivity index (χ1) is 14.6. The number of nitrogens with zero attached hydrogens (tertiary/aromatic N) is 4. The average Bonchev–Trinajstić information content (AvgIpc) is 3.15. The predicted molar refractivity (Wildman–Crippen MR) is 106 cm³/mol. The SMILES string of the molecule is Cc1nc(CN2CCC(c3cc(OS(=O)(=O)C(F)(F)F)n[nH]3)CC2)nc2ccccc12. The highest BCUT2D eigenvalue weighted by Crippen LogP contribution is 2.31. The fourth-order valence-corrected chi connectivity index (χ4v) is 4.10. The lowest BCUT2D eigenvalue weighted by Crippen LogP contribution is -2.33. The van der Waals surface area contributed by atoms with Crippen molar-refractivity contribution >= 4 is 21.0 Å². The lowest BCUT2D eigenvalue weighted by molar-refractivity contribution is -0.0501. The Morgan fingerprint density at radius 1 is 1.19 bits per heavy atom. The Hall–Kier alpha value is -2.73. The van der Waals surface area contributed by atoms with Crippen LogP contribution in [0.3, 0.4) is 0 Å². The van der Waals surface area contributed by atoms with Gasteiger partial charge in [0.15, 0.2) is 0 Å². The Balaban J connectivity index is 1.37. The summed E-state index contributed by atoms with van der Waals surface area (Å²) >= 11 is 0. The third-order valence-electron chi connectivity index (χ3n) is 5.29. The third kappa shape index (κ3) is 4.64. The molecule has 0 saturated carbocycles. The number of piperidine rings is 1. The van der Waals surface area contributed by atoms with Gasteiger partial charge in [0.25, 0.3) is 5.88 Å². The molecular formula is C19H20F3N5O3S. The lowest BCUT2D eigenvalue weighted by atomic mass is 9.93. The molecule has 31 heavy (non-hydrogen) atoms. The number of nitrogens with one attached hydrogen (secondary N) is 1. The van der Waals surface area contributed by atoms with Gasteiger partial charge in [0.2, 0.25) is 0 Å². The summed E-state index contributed by atoms with van der Waals surface area (Å²) in [5, 5.41) is 7.17. The molecule has 3 aromatic rings. The molecule has 166 valence electrons. The molecule has 12 heteroatoms. The summed E-state index contributed by atoms with van der Waals surface area (Å²) in [7, 11) is -5.74. The maximum atomic E-state index is 12.4. The van der Waals surface area contributed by atoms with Gasteiger partial charge in [-0.15, -0.1) is 5.10 Å². The minimum absolute atomic E-state index is 0.00829. The Bertz CT molecular complexity index is 1190. The van der Waals surface area contributed by atoms with Crippen LogP contribution in [0.4, 0.5) is 13.2 Å². The summed E-state index contributed by atoms with van der Waals surface area (Å²) in [5.74, 6) is 0.132. The molecule has 8 nitrogen and oxygen atoms in total. The van der Waals surface area contributed by atoms with E-state index in [9.17, 15) is 21.6 Å². The van der Waals surface area contributed by atoms with Crippen LogP contribution in [0.5, 0.6) is 5.88 Å². The summed E-state index contributed by atoms with van der Waals surface area (Å²) in [6.07, 6.45) is 1.44. The molecule has 0 amide bonds. The Morgan fingerprint density at radius 3 is 2.61 bits per heavy atom. The molecule has 1 aromatic carbocycles. The quantitative estimate of drug-likeness (QED) is 0.465. The van der Waals surface area contributed by atoms with Crippen molar-refractivity contribution in [3.8, 4) is 5.88 Å². The summed E-state index contributed by atoms with van der Waals surface area (Å²) < 4.78 is 63.6. The molecule has 2 aromatic heterocycles. The number of aromatic amines is 1. The van der Waals surface area contributed by atoms with Gasteiger partial charge in [0.05, 0.1) is 12.1 Å². The largest absolute Gasteiger partial charge is 0.534 e. The highest BCUT2D eigenvalue weighted by molar-refractivity contribution is 7.87. The number of alkyl halides is 3. The molecule has 0 atom stereocenters. The number of para-hydroxylation sites is 1. The van der Waals surface area contributed by atoms with E-state index in [1.54, 1.807) is 0 Å². The smallest absolute Gasteiger partial charge is 0.354 e. The van der Waals surface area contributed by atoms with Crippen molar-refractivity contribution in [1.29, 1.82) is 0 Å². The van der Waals surface area contributed by atoms with Crippen LogP contribution < -0.4 is 4.18 Å². The van der Waals surface area contributed by atoms with Crippen molar-refractivity contribution in [3.05, 3.63) is 47.5 Å². The van der Waals surface area contributed by atoms with Crippen LogP contribution in [0.15, 0.2) is 30.3 Å². The Morgan fingerprint density at radius 2 is 1.90 bits per heavy atom. The molecule has 1 aliphatic heterocycles. The van der Waals surface area contributed by atoms with Gasteiger partial charge in [-0.1, -0.05) is 18.2 Å². The minimum atomic E-state index is -5.74. The number of halogens is 3. The van der Waals surface area contributed by atoms with Gasteiger partial charge >= 0.3 is 15.6 Å². The van der Waals surface area contributed by atoms with Crippen LogP contribution >= 0.6 is 0 Å². The van der Waals surface area contributed by atoms with Gasteiger partial charge in [-0.2, -0.15) is 21.6 Å². The average molecular weight is 455 g/mol. The number of likely N-dealkylation sites (tertiary alicyclic amines) is 1. The summed E-state index contributed by atoms with van der Waals surface area (Å²) in [5.41, 5.74) is -3.13. The highest BCUT2D eigenvalue weighted by Gasteiger charge is 2.49. The number of benzene rings is 1. The van der Waals surface area contributed by atoms with Crippen LogP contribution in [-0.2, 0) is 16.7 Å². The van der Waals surface area contributed by atoms with E-state index in [4.69, 9.17) is 0 Å². The van der Waals surface area contributed by atoms with Crippen molar-refractivity contribution in [2.75, 3.05) is 13.1 Å². The van der Waals surface area contributed by atoms with E-state index < -0.39 is 21.5 Å². The van der Waals surface area contributed by atoms with E-state index in [0.717, 1.165) is 48.4 Å². The van der Waals surface area contributed by atoms with Gasteiger partial charge in [0.1, 0.15) is 5.82 Å². The molecule has 0 bridgehead atoms. The molecule has 3 heterocycles. The molecule has 0 spiro atoms. The van der Waals surface area contributed by atoms with Gasteiger partial charge in [-0.3, -0.25) is 10.00 Å². The number of hydrogen-bond acceptors (Lipinski definition) is 7. The number of rotatable bonds is 5. The van der Waals surface area contributed by atoms with Gasteiger partial charge in [-0.25, -0.2) is 9.97 Å². The van der Waals surface area contributed by atoms with E-state index in [0.29, 0.717) is 12.2 Å². The topological polar surface area (TPSA) is 101 Å². The van der Waals surface area contributed by atoms with Crippen LogP contribution in [0.1, 0.15) is 36.0 Å². The van der Waals surface area contributed by atoms with Crippen molar-refractivity contribution in [3.63, 3.8) is 0 Å². The third-order valence-corrected chi connectivity index (χ3v) is 6.24. The van der Waals surface area contributed by atoms with Crippen LogP contribution in [0, 0.1) is 6.92 Å². The number of H-pyrrole nitrogens is 1. The lowest BCUT2D eigenvalue weighted by Gasteiger charge is -2.30.